The number of hydrogen-bond acceptors (Lipinski definition) is 6. The van der Waals surface area contributed by atoms with E-state index in [0.29, 0.717) is 17.8 Å². The van der Waals surface area contributed by atoms with E-state index in [0.717, 1.165) is 29.1 Å². The Bertz CT molecular complexity index is 989. The first-order chi connectivity index (χ1) is 14.9. The lowest BCUT2D eigenvalue weighted by atomic mass is 10.2. The molecule has 31 heavy (non-hydrogen) atoms. The Kier molecular flexibility index (Phi) is 6.43. The number of nitrogens with one attached hydrogen (secondary N) is 1. The number of fused-ring (bicyclic) bond motifs is 1. The summed E-state index contributed by atoms with van der Waals surface area (Å²) in [5.74, 6) is 0.785. The molecule has 0 unspecified atom stereocenters. The average molecular weight is 440 g/mol. The molecular formula is C24H29N3O3S. The van der Waals surface area contributed by atoms with E-state index >= 15 is 0 Å². The summed E-state index contributed by atoms with van der Waals surface area (Å²) in [5, 5.41) is 3.51. The van der Waals surface area contributed by atoms with Crippen LogP contribution in [0.25, 0.3) is 10.2 Å². The van der Waals surface area contributed by atoms with Crippen LogP contribution in [0.3, 0.4) is 0 Å². The molecule has 1 fully saturated rings. The Morgan fingerprint density at radius 3 is 2.58 bits per heavy atom. The molecule has 1 aromatic heterocycles. The van der Waals surface area contributed by atoms with Crippen LogP contribution >= 0.6 is 11.3 Å². The number of carbonyl (C=O) groups is 1. The van der Waals surface area contributed by atoms with Crippen molar-refractivity contribution in [3.8, 4) is 10.9 Å². The summed E-state index contributed by atoms with van der Waals surface area (Å²) in [5.41, 5.74) is 1.70. The molecule has 3 aromatic rings. The number of aromatic nitrogens is 1. The van der Waals surface area contributed by atoms with Crippen molar-refractivity contribution < 1.29 is 14.3 Å². The summed E-state index contributed by atoms with van der Waals surface area (Å²) < 4.78 is 12.4. The predicted octanol–water partition coefficient (Wildman–Crippen LogP) is 5.58. The van der Waals surface area contributed by atoms with Gasteiger partial charge in [0.1, 0.15) is 11.4 Å². The number of benzene rings is 2. The summed E-state index contributed by atoms with van der Waals surface area (Å²) in [6, 6.07) is 16.8. The second-order valence-corrected chi connectivity index (χ2v) is 9.82. The van der Waals surface area contributed by atoms with Crippen LogP contribution in [-0.4, -0.2) is 40.7 Å². The highest BCUT2D eigenvalue weighted by molar-refractivity contribution is 7.20. The lowest BCUT2D eigenvalue weighted by Crippen LogP contribution is -2.38. The lowest BCUT2D eigenvalue weighted by Gasteiger charge is -2.23. The molecule has 164 valence electrons. The quantitative estimate of drug-likeness (QED) is 0.497. The topological polar surface area (TPSA) is 63.7 Å². The molecule has 6 nitrogen and oxygen atoms in total. The van der Waals surface area contributed by atoms with Crippen molar-refractivity contribution in [1.82, 2.24) is 15.2 Å². The first-order valence-electron chi connectivity index (χ1n) is 10.7. The van der Waals surface area contributed by atoms with Gasteiger partial charge in [-0.05, 0) is 63.4 Å². The number of amides is 1. The van der Waals surface area contributed by atoms with Crippen molar-refractivity contribution >= 4 is 27.6 Å². The highest BCUT2D eigenvalue weighted by Crippen LogP contribution is 2.32. The van der Waals surface area contributed by atoms with Gasteiger partial charge in [0, 0.05) is 25.7 Å². The van der Waals surface area contributed by atoms with Crippen molar-refractivity contribution in [3.63, 3.8) is 0 Å². The molecule has 4 rings (SSSR count). The highest BCUT2D eigenvalue weighted by Gasteiger charge is 2.28. The fourth-order valence-electron chi connectivity index (χ4n) is 3.34. The number of hydrogen-bond donors (Lipinski definition) is 1. The van der Waals surface area contributed by atoms with Crippen LogP contribution in [0, 0.1) is 0 Å². The van der Waals surface area contributed by atoms with Crippen LogP contribution in [0.2, 0.25) is 0 Å². The molecule has 0 saturated heterocycles. The van der Waals surface area contributed by atoms with Crippen molar-refractivity contribution in [2.45, 2.75) is 51.8 Å². The number of alkyl carbamates (subject to hydrolysis) is 1. The molecule has 0 bridgehead atoms. The fraction of sp³-hybridized carbons (Fsp3) is 0.417. The van der Waals surface area contributed by atoms with E-state index in [2.05, 4.69) is 27.3 Å². The summed E-state index contributed by atoms with van der Waals surface area (Å²) >= 11 is 1.55. The maximum atomic E-state index is 11.9. The monoisotopic (exact) mass is 439 g/mol. The van der Waals surface area contributed by atoms with Crippen molar-refractivity contribution in [3.05, 3.63) is 54.1 Å². The minimum absolute atomic E-state index is 0.361. The maximum absolute atomic E-state index is 11.9. The van der Waals surface area contributed by atoms with Gasteiger partial charge in [-0.1, -0.05) is 35.6 Å². The molecule has 0 aliphatic heterocycles. The minimum atomic E-state index is -0.477. The summed E-state index contributed by atoms with van der Waals surface area (Å²) in [7, 11) is 0. The van der Waals surface area contributed by atoms with Crippen molar-refractivity contribution in [2.75, 3.05) is 13.1 Å². The Balaban J connectivity index is 1.29. The molecule has 1 saturated carbocycles. The van der Waals surface area contributed by atoms with Gasteiger partial charge in [0.05, 0.1) is 10.2 Å². The van der Waals surface area contributed by atoms with Gasteiger partial charge in [-0.3, -0.25) is 4.90 Å². The molecule has 1 amide bonds. The first-order valence-corrected chi connectivity index (χ1v) is 11.5. The zero-order chi connectivity index (χ0) is 21.8. The standard InChI is InChI=1S/C24H29N3O3S/c1-24(2,3)30-22(28)25-14-15-27(18-10-11-18)16-17-8-12-19(13-9-17)29-23-26-20-6-4-5-7-21(20)31-23/h4-9,12-13,18H,10-11,14-16H2,1-3H3,(H,25,28). The van der Waals surface area contributed by atoms with Crippen LogP contribution in [0.1, 0.15) is 39.2 Å². The van der Waals surface area contributed by atoms with E-state index in [1.165, 1.54) is 18.4 Å². The highest BCUT2D eigenvalue weighted by atomic mass is 32.1. The van der Waals surface area contributed by atoms with Gasteiger partial charge in [0.2, 0.25) is 0 Å². The molecule has 7 heteroatoms. The van der Waals surface area contributed by atoms with Gasteiger partial charge in [0.25, 0.3) is 5.19 Å². The molecule has 1 heterocycles. The molecule has 0 radical (unpaired) electrons. The van der Waals surface area contributed by atoms with Gasteiger partial charge in [-0.25, -0.2) is 9.78 Å². The van der Waals surface area contributed by atoms with E-state index in [9.17, 15) is 4.79 Å². The Morgan fingerprint density at radius 1 is 1.16 bits per heavy atom. The second-order valence-electron chi connectivity index (χ2n) is 8.82. The zero-order valence-corrected chi connectivity index (χ0v) is 19.1. The number of para-hydroxylation sites is 1. The molecule has 0 spiro atoms. The van der Waals surface area contributed by atoms with E-state index in [-0.39, 0.29) is 6.09 Å². The van der Waals surface area contributed by atoms with E-state index in [1.54, 1.807) is 11.3 Å². The average Bonchev–Trinajstić information content (AvgIpc) is 3.47. The molecule has 0 atom stereocenters. The minimum Gasteiger partial charge on any atom is -0.444 e. The number of carbonyl (C=O) groups excluding carboxylic acids is 1. The number of rotatable bonds is 8. The number of ether oxygens (including phenoxy) is 2. The van der Waals surface area contributed by atoms with Crippen LogP contribution < -0.4 is 10.1 Å². The van der Waals surface area contributed by atoms with Crippen LogP contribution in [-0.2, 0) is 11.3 Å². The summed E-state index contributed by atoms with van der Waals surface area (Å²) in [6.45, 7) is 7.83. The van der Waals surface area contributed by atoms with Gasteiger partial charge in [0.15, 0.2) is 0 Å². The van der Waals surface area contributed by atoms with Crippen LogP contribution in [0.15, 0.2) is 48.5 Å². The van der Waals surface area contributed by atoms with E-state index in [4.69, 9.17) is 9.47 Å². The smallest absolute Gasteiger partial charge is 0.407 e. The molecule has 1 aliphatic carbocycles. The Morgan fingerprint density at radius 2 is 1.90 bits per heavy atom. The van der Waals surface area contributed by atoms with Gasteiger partial charge in [-0.2, -0.15) is 0 Å². The van der Waals surface area contributed by atoms with Gasteiger partial charge < -0.3 is 14.8 Å². The molecular weight excluding hydrogens is 410 g/mol. The SMILES string of the molecule is CC(C)(C)OC(=O)NCCN(Cc1ccc(Oc2nc3ccccc3s2)cc1)C1CC1. The Labute approximate surface area is 187 Å². The maximum Gasteiger partial charge on any atom is 0.407 e. The Hall–Kier alpha value is -2.64. The van der Waals surface area contributed by atoms with Crippen molar-refractivity contribution in [2.24, 2.45) is 0 Å². The van der Waals surface area contributed by atoms with E-state index < -0.39 is 5.60 Å². The van der Waals surface area contributed by atoms with E-state index in [1.807, 2.05) is 57.2 Å². The normalized spacial score (nSPS) is 14.1. The summed E-state index contributed by atoms with van der Waals surface area (Å²) in [6.07, 6.45) is 2.07. The van der Waals surface area contributed by atoms with Gasteiger partial charge in [-0.15, -0.1) is 0 Å². The molecule has 1 aliphatic rings. The first kappa shape index (κ1) is 21.6. The second kappa shape index (κ2) is 9.24. The van der Waals surface area contributed by atoms with Crippen LogP contribution in [0.5, 0.6) is 10.9 Å². The third-order valence-electron chi connectivity index (χ3n) is 4.92. The lowest BCUT2D eigenvalue weighted by molar-refractivity contribution is 0.0521. The van der Waals surface area contributed by atoms with Crippen LogP contribution in [0.4, 0.5) is 4.79 Å². The van der Waals surface area contributed by atoms with Gasteiger partial charge >= 0.3 is 6.09 Å². The molecule has 2 aromatic carbocycles. The third kappa shape index (κ3) is 6.42. The molecule has 1 N–H and O–H groups in total. The number of thiazole rings is 1. The summed E-state index contributed by atoms with van der Waals surface area (Å²) in [4.78, 5) is 18.8. The fourth-order valence-corrected chi connectivity index (χ4v) is 4.17. The zero-order valence-electron chi connectivity index (χ0n) is 18.3. The van der Waals surface area contributed by atoms with Crippen molar-refractivity contribution in [1.29, 1.82) is 0 Å². The largest absolute Gasteiger partial charge is 0.444 e. The third-order valence-corrected chi connectivity index (χ3v) is 5.83. The number of nitrogens with zero attached hydrogens (tertiary/aromatic N) is 2. The predicted molar refractivity (Wildman–Crippen MR) is 124 cm³/mol.